The molecule has 0 amide bonds. The number of nitrogens with one attached hydrogen (secondary N) is 1. The summed E-state index contributed by atoms with van der Waals surface area (Å²) in [7, 11) is 1.83. The minimum atomic E-state index is -0.0963. The third-order valence-corrected chi connectivity index (χ3v) is 3.65. The highest BCUT2D eigenvalue weighted by Gasteiger charge is 2.38. The van der Waals surface area contributed by atoms with Crippen molar-refractivity contribution in [1.82, 2.24) is 5.32 Å². The maximum atomic E-state index is 12.2. The van der Waals surface area contributed by atoms with E-state index in [-0.39, 0.29) is 17.2 Å². The minimum Gasteiger partial charge on any atom is -0.310 e. The summed E-state index contributed by atoms with van der Waals surface area (Å²) in [5, 5.41) is 3.78. The van der Waals surface area contributed by atoms with Crippen LogP contribution in [0.2, 0.25) is 5.02 Å². The topological polar surface area (TPSA) is 29.1 Å². The Morgan fingerprint density at radius 2 is 2.12 bits per heavy atom. The van der Waals surface area contributed by atoms with Crippen molar-refractivity contribution in [2.45, 2.75) is 31.7 Å². The van der Waals surface area contributed by atoms with Crippen LogP contribution in [0, 0.1) is 0 Å². The first-order chi connectivity index (χ1) is 7.47. The van der Waals surface area contributed by atoms with Gasteiger partial charge < -0.3 is 5.32 Å². The van der Waals surface area contributed by atoms with E-state index in [2.05, 4.69) is 19.2 Å². The van der Waals surface area contributed by atoms with Crippen molar-refractivity contribution >= 4 is 17.4 Å². The number of halogens is 1. The number of carbonyl (C=O) groups is 1. The predicted octanol–water partition coefficient (Wildman–Crippen LogP) is 2.79. The van der Waals surface area contributed by atoms with Crippen LogP contribution in [0.4, 0.5) is 0 Å². The van der Waals surface area contributed by atoms with Crippen LogP contribution >= 0.6 is 11.6 Å². The Bertz CT molecular complexity index is 440. The Kier molecular flexibility index (Phi) is 2.81. The number of rotatable bonds is 1. The zero-order valence-electron chi connectivity index (χ0n) is 9.80. The smallest absolute Gasteiger partial charge is 0.180 e. The second-order valence-electron chi connectivity index (χ2n) is 4.96. The fourth-order valence-corrected chi connectivity index (χ4v) is 2.97. The van der Waals surface area contributed by atoms with E-state index in [0.29, 0.717) is 5.02 Å². The van der Waals surface area contributed by atoms with Crippen LogP contribution in [-0.4, -0.2) is 18.9 Å². The first kappa shape index (κ1) is 11.6. The van der Waals surface area contributed by atoms with Crippen LogP contribution in [0.1, 0.15) is 36.2 Å². The summed E-state index contributed by atoms with van der Waals surface area (Å²) in [6.07, 6.45) is 0.791. The monoisotopic (exact) mass is 237 g/mol. The number of benzene rings is 1. The number of ketones is 1. The van der Waals surface area contributed by atoms with Gasteiger partial charge in [-0.15, -0.1) is 0 Å². The van der Waals surface area contributed by atoms with Gasteiger partial charge in [-0.1, -0.05) is 37.6 Å². The molecule has 1 N–H and O–H groups in total. The van der Waals surface area contributed by atoms with Gasteiger partial charge in [0.25, 0.3) is 0 Å². The molecular weight excluding hydrogens is 222 g/mol. The van der Waals surface area contributed by atoms with E-state index < -0.39 is 0 Å². The first-order valence-corrected chi connectivity index (χ1v) is 5.85. The molecule has 1 aromatic rings. The number of hydrogen-bond acceptors (Lipinski definition) is 2. The maximum absolute atomic E-state index is 12.2. The van der Waals surface area contributed by atoms with Crippen molar-refractivity contribution in [3.05, 3.63) is 34.3 Å². The average Bonchev–Trinajstić information content (AvgIpc) is 2.23. The number of fused-ring (bicyclic) bond motifs is 1. The first-order valence-electron chi connectivity index (χ1n) is 5.48. The summed E-state index contributed by atoms with van der Waals surface area (Å²) < 4.78 is 0. The van der Waals surface area contributed by atoms with Crippen LogP contribution < -0.4 is 5.32 Å². The molecule has 1 aliphatic rings. The van der Waals surface area contributed by atoms with Gasteiger partial charge in [0.15, 0.2) is 5.78 Å². The molecule has 16 heavy (non-hydrogen) atoms. The van der Waals surface area contributed by atoms with E-state index in [9.17, 15) is 4.79 Å². The predicted molar refractivity (Wildman–Crippen MR) is 66.3 cm³/mol. The van der Waals surface area contributed by atoms with Crippen molar-refractivity contribution in [2.24, 2.45) is 0 Å². The number of hydrogen-bond donors (Lipinski definition) is 1. The Labute approximate surface area is 101 Å². The van der Waals surface area contributed by atoms with Gasteiger partial charge in [-0.3, -0.25) is 4.79 Å². The minimum absolute atomic E-state index is 0.0603. The van der Waals surface area contributed by atoms with Crippen LogP contribution in [0.5, 0.6) is 0 Å². The van der Waals surface area contributed by atoms with E-state index in [4.69, 9.17) is 11.6 Å². The van der Waals surface area contributed by atoms with E-state index >= 15 is 0 Å². The van der Waals surface area contributed by atoms with Gasteiger partial charge in [0.2, 0.25) is 0 Å². The van der Waals surface area contributed by atoms with Crippen LogP contribution in [0.25, 0.3) is 0 Å². The van der Waals surface area contributed by atoms with E-state index in [1.54, 1.807) is 0 Å². The highest BCUT2D eigenvalue weighted by atomic mass is 35.5. The standard InChI is InChI=1S/C13H16ClNO/c1-13(2)7-10(15-3)12(16)8-5-4-6-9(14)11(8)13/h4-6,10,15H,7H2,1-3H3. The zero-order chi connectivity index (χ0) is 11.9. The number of carbonyl (C=O) groups excluding carboxylic acids is 1. The molecular formula is C13H16ClNO. The Hall–Kier alpha value is -0.860. The Morgan fingerprint density at radius 1 is 1.44 bits per heavy atom. The SMILES string of the molecule is CNC1CC(C)(C)c2c(Cl)cccc2C1=O. The van der Waals surface area contributed by atoms with E-state index in [1.807, 2.05) is 25.2 Å². The lowest BCUT2D eigenvalue weighted by Gasteiger charge is -2.36. The molecule has 0 fully saturated rings. The summed E-state index contributed by atoms with van der Waals surface area (Å²) in [5.41, 5.74) is 1.70. The molecule has 0 radical (unpaired) electrons. The summed E-state index contributed by atoms with van der Waals surface area (Å²) in [4.78, 5) is 12.2. The highest BCUT2D eigenvalue weighted by Crippen LogP contribution is 2.40. The van der Waals surface area contributed by atoms with Gasteiger partial charge in [0.05, 0.1) is 6.04 Å². The highest BCUT2D eigenvalue weighted by molar-refractivity contribution is 6.32. The summed E-state index contributed by atoms with van der Waals surface area (Å²) in [5.74, 6) is 0.152. The largest absolute Gasteiger partial charge is 0.310 e. The van der Waals surface area contributed by atoms with Gasteiger partial charge >= 0.3 is 0 Å². The summed E-state index contributed by atoms with van der Waals surface area (Å²) >= 11 is 6.21. The molecule has 0 aromatic heterocycles. The second-order valence-corrected chi connectivity index (χ2v) is 5.36. The molecule has 0 heterocycles. The van der Waals surface area contributed by atoms with Gasteiger partial charge in [0, 0.05) is 10.6 Å². The lowest BCUT2D eigenvalue weighted by atomic mass is 9.70. The molecule has 1 aliphatic carbocycles. The molecule has 86 valence electrons. The van der Waals surface area contributed by atoms with Crippen molar-refractivity contribution in [2.75, 3.05) is 7.05 Å². The lowest BCUT2D eigenvalue weighted by Crippen LogP contribution is -2.44. The normalized spacial score (nSPS) is 23.0. The molecule has 0 saturated heterocycles. The van der Waals surface area contributed by atoms with Crippen molar-refractivity contribution in [1.29, 1.82) is 0 Å². The molecule has 2 rings (SSSR count). The van der Waals surface area contributed by atoms with Crippen molar-refractivity contribution in [3.63, 3.8) is 0 Å². The lowest BCUT2D eigenvalue weighted by molar-refractivity contribution is 0.0911. The molecule has 2 nitrogen and oxygen atoms in total. The third kappa shape index (κ3) is 1.66. The molecule has 1 aromatic carbocycles. The molecule has 1 atom stereocenters. The fourth-order valence-electron chi connectivity index (χ4n) is 2.54. The zero-order valence-corrected chi connectivity index (χ0v) is 10.6. The molecule has 0 aliphatic heterocycles. The fraction of sp³-hybridized carbons (Fsp3) is 0.462. The molecule has 3 heteroatoms. The van der Waals surface area contributed by atoms with Crippen molar-refractivity contribution in [3.8, 4) is 0 Å². The molecule has 1 unspecified atom stereocenters. The van der Waals surface area contributed by atoms with Gasteiger partial charge in [0.1, 0.15) is 0 Å². The molecule has 0 bridgehead atoms. The third-order valence-electron chi connectivity index (χ3n) is 3.34. The van der Waals surface area contributed by atoms with Gasteiger partial charge in [-0.2, -0.15) is 0 Å². The summed E-state index contributed by atoms with van der Waals surface area (Å²) in [6.45, 7) is 4.27. The summed E-state index contributed by atoms with van der Waals surface area (Å²) in [6, 6.07) is 5.47. The average molecular weight is 238 g/mol. The quantitative estimate of drug-likeness (QED) is 0.814. The van der Waals surface area contributed by atoms with Crippen molar-refractivity contribution < 1.29 is 4.79 Å². The molecule has 0 spiro atoms. The maximum Gasteiger partial charge on any atom is 0.180 e. The van der Waals surface area contributed by atoms with Gasteiger partial charge in [-0.25, -0.2) is 0 Å². The van der Waals surface area contributed by atoms with Crippen LogP contribution in [-0.2, 0) is 5.41 Å². The van der Waals surface area contributed by atoms with E-state index in [0.717, 1.165) is 17.5 Å². The van der Waals surface area contributed by atoms with E-state index in [1.165, 1.54) is 0 Å². The second kappa shape index (κ2) is 3.86. The van der Waals surface area contributed by atoms with Gasteiger partial charge in [-0.05, 0) is 30.5 Å². The Balaban J connectivity index is 2.63. The molecule has 0 saturated carbocycles. The van der Waals surface area contributed by atoms with Crippen LogP contribution in [0.3, 0.4) is 0 Å². The number of Topliss-reactive ketones (excluding diaryl/α,β-unsaturated/α-hetero) is 1. The number of likely N-dealkylation sites (N-methyl/N-ethyl adjacent to an activating group) is 1. The van der Waals surface area contributed by atoms with Crippen LogP contribution in [0.15, 0.2) is 18.2 Å². The Morgan fingerprint density at radius 3 is 2.75 bits per heavy atom.